The van der Waals surface area contributed by atoms with Crippen LogP contribution in [0.25, 0.3) is 34.4 Å². The van der Waals surface area contributed by atoms with Crippen LogP contribution in [0, 0.1) is 11.8 Å². The van der Waals surface area contributed by atoms with Crippen molar-refractivity contribution in [1.82, 2.24) is 0 Å². The molecular weight excluding hydrogens is 938 g/mol. The molecule has 61 heavy (non-hydrogen) atoms. The molecule has 0 aliphatic heterocycles. The first kappa shape index (κ1) is 46.4. The molecular formula is C48H50Cl2F9SiZr. The van der Waals surface area contributed by atoms with Crippen molar-refractivity contribution in [2.45, 2.75) is 110 Å². The van der Waals surface area contributed by atoms with E-state index in [-0.39, 0.29) is 18.7 Å². The number of alkyl halides is 9. The van der Waals surface area contributed by atoms with E-state index in [0.717, 1.165) is 71.2 Å². The van der Waals surface area contributed by atoms with Gasteiger partial charge in [0.1, 0.15) is 0 Å². The van der Waals surface area contributed by atoms with Gasteiger partial charge < -0.3 is 0 Å². The van der Waals surface area contributed by atoms with Gasteiger partial charge in [-0.05, 0) is 0 Å². The Morgan fingerprint density at radius 1 is 0.639 bits per heavy atom. The molecule has 0 spiro atoms. The molecule has 4 aromatic rings. The molecule has 4 aromatic carbocycles. The normalized spacial score (nSPS) is 21.9. The van der Waals surface area contributed by atoms with Crippen molar-refractivity contribution in [3.05, 3.63) is 129 Å². The van der Waals surface area contributed by atoms with Gasteiger partial charge >= 0.3 is 364 Å². The summed E-state index contributed by atoms with van der Waals surface area (Å²) in [5.74, 6) is -0.763. The molecule has 13 heteroatoms. The number of hydrogen-bond acceptors (Lipinski definition) is 0. The summed E-state index contributed by atoms with van der Waals surface area (Å²) >= 11 is -5.37. The second-order valence-electron chi connectivity index (χ2n) is 18.1. The Hall–Kier alpha value is -2.59. The number of allylic oxidation sites excluding steroid dienone is 2. The summed E-state index contributed by atoms with van der Waals surface area (Å²) in [4.78, 5) is 0. The number of hydrogen-bond donors (Lipinski definition) is 0. The van der Waals surface area contributed by atoms with Gasteiger partial charge in [-0.1, -0.05) is 0 Å². The van der Waals surface area contributed by atoms with Crippen LogP contribution in [-0.4, -0.2) is 24.5 Å². The Labute approximate surface area is 361 Å². The molecule has 2 unspecified atom stereocenters. The van der Waals surface area contributed by atoms with E-state index in [1.54, 1.807) is 12.1 Å². The van der Waals surface area contributed by atoms with E-state index in [0.29, 0.717) is 41.5 Å². The molecule has 1 fully saturated rings. The summed E-state index contributed by atoms with van der Waals surface area (Å²) < 4.78 is 126. The topological polar surface area (TPSA) is 0 Å². The van der Waals surface area contributed by atoms with Crippen LogP contribution in [0.5, 0.6) is 0 Å². The maximum atomic E-state index is 14.1. The van der Waals surface area contributed by atoms with E-state index in [9.17, 15) is 39.5 Å². The molecule has 0 nitrogen and oxygen atoms in total. The fourth-order valence-corrected chi connectivity index (χ4v) is 42.1. The molecule has 0 radical (unpaired) electrons. The Bertz CT molecular complexity index is 2310. The molecule has 7 rings (SSSR count). The third kappa shape index (κ3) is 7.39. The maximum absolute atomic E-state index is 14.1. The molecule has 0 bridgehead atoms. The van der Waals surface area contributed by atoms with Gasteiger partial charge in [-0.15, -0.1) is 0 Å². The second kappa shape index (κ2) is 16.1. The van der Waals surface area contributed by atoms with Gasteiger partial charge in [0.05, 0.1) is 0 Å². The molecule has 0 aromatic heterocycles. The quantitative estimate of drug-likeness (QED) is 0.116. The van der Waals surface area contributed by atoms with E-state index in [2.05, 4.69) is 82.4 Å². The van der Waals surface area contributed by atoms with Crippen LogP contribution < -0.4 is 0 Å². The first-order chi connectivity index (χ1) is 28.4. The van der Waals surface area contributed by atoms with Crippen molar-refractivity contribution in [2.24, 2.45) is 11.8 Å². The molecule has 3 aliphatic rings. The molecule has 3 aliphatic carbocycles. The summed E-state index contributed by atoms with van der Waals surface area (Å²) in [6.45, 7) is 13.1. The van der Waals surface area contributed by atoms with Gasteiger partial charge in [0.15, 0.2) is 0 Å². The summed E-state index contributed by atoms with van der Waals surface area (Å²) in [5.41, 5.74) is 2.16. The molecule has 1 saturated carbocycles. The van der Waals surface area contributed by atoms with Crippen LogP contribution in [0.1, 0.15) is 106 Å². The Morgan fingerprint density at radius 2 is 1.10 bits per heavy atom. The Balaban J connectivity index is 1.40. The number of fused-ring (bicyclic) bond motifs is 2. The van der Waals surface area contributed by atoms with Gasteiger partial charge in [0, 0.05) is 0 Å². The van der Waals surface area contributed by atoms with Gasteiger partial charge in [-0.25, -0.2) is 0 Å². The van der Waals surface area contributed by atoms with Gasteiger partial charge in [-0.3, -0.25) is 0 Å². The van der Waals surface area contributed by atoms with E-state index in [1.165, 1.54) is 11.1 Å². The number of benzene rings is 4. The molecule has 0 N–H and O–H groups in total. The van der Waals surface area contributed by atoms with E-state index in [4.69, 9.17) is 17.0 Å². The van der Waals surface area contributed by atoms with Gasteiger partial charge in [0.2, 0.25) is 0 Å². The number of rotatable bonds is 9. The van der Waals surface area contributed by atoms with Crippen molar-refractivity contribution in [2.75, 3.05) is 0 Å². The van der Waals surface area contributed by atoms with Crippen molar-refractivity contribution in [1.29, 1.82) is 0 Å². The molecule has 0 saturated heterocycles. The van der Waals surface area contributed by atoms with Crippen molar-refractivity contribution in [3.63, 3.8) is 0 Å². The minimum absolute atomic E-state index is 0.172. The minimum atomic E-state index is -6.71. The van der Waals surface area contributed by atoms with E-state index < -0.39 is 51.0 Å². The van der Waals surface area contributed by atoms with Crippen LogP contribution in [0.15, 0.2) is 96.1 Å². The molecule has 0 heterocycles. The second-order valence-corrected chi connectivity index (χ2v) is 60.6. The first-order valence-electron chi connectivity index (χ1n) is 21.0. The van der Waals surface area contributed by atoms with Crippen molar-refractivity contribution >= 4 is 35.1 Å². The summed E-state index contributed by atoms with van der Waals surface area (Å²) in [6, 6.07) is 22.9. The monoisotopic (exact) mass is 985 g/mol. The fourth-order valence-electron chi connectivity index (χ4n) is 10.7. The Kier molecular flexibility index (Phi) is 12.3. The predicted octanol–water partition coefficient (Wildman–Crippen LogP) is 16.9. The van der Waals surface area contributed by atoms with E-state index >= 15 is 0 Å². The summed E-state index contributed by atoms with van der Waals surface area (Å²) in [6.07, 6.45) is -11.0. The SMILES string of the molecule is CCC1=Cc2c(-c3ccc(C(C(F)(F)F)(C(F)(F)F)C(F)(F)F)cc3)cccc2[CH]1[Zr]([Cl])([Cl])([CH]1C(C2CCC(C)CC2)=Cc2c(-c3ccc(C(C)C)cc3)cccc21)[SiH](C)C. The van der Waals surface area contributed by atoms with Gasteiger partial charge in [0.25, 0.3) is 0 Å². The van der Waals surface area contributed by atoms with E-state index in [1.807, 2.05) is 19.1 Å². The standard InChI is InChI=1S/C25H29.C21H14F9.C2H7Si.2ClH.Zr/c1-17(2)19-11-13-21(14-12-19)24-6-4-5-22-15-23(16-25(22)24)20-9-7-18(3)8-10-20;1-2-12-10-14-4-3-5-16(17(14)11-12)13-6-8-15(9-7-13)18(19(22,23)24,20(25,26)27)21(28,29)30;1-3-2;;;/h4-6,11-18,20H,7-10H2,1-3H3;3-11H,2H2,1H3;3H,1-2H3;2*1H;/q;;;;;+2/p-2. The molecule has 2 atom stereocenters. The van der Waals surface area contributed by atoms with Crippen LogP contribution in [-0.2, 0) is 21.0 Å². The van der Waals surface area contributed by atoms with Crippen molar-refractivity contribution in [3.8, 4) is 22.3 Å². The van der Waals surface area contributed by atoms with Crippen LogP contribution in [0.4, 0.5) is 39.5 Å². The average molecular weight is 988 g/mol. The third-order valence-electron chi connectivity index (χ3n) is 14.1. The molecule has 0 amide bonds. The first-order valence-corrected chi connectivity index (χ1v) is 37.4. The summed E-state index contributed by atoms with van der Waals surface area (Å²) in [5, 5.41) is 0. The predicted molar refractivity (Wildman–Crippen MR) is 231 cm³/mol. The average Bonchev–Trinajstić information content (AvgIpc) is 3.78. The zero-order chi connectivity index (χ0) is 44.7. The van der Waals surface area contributed by atoms with Gasteiger partial charge in [-0.2, -0.15) is 0 Å². The van der Waals surface area contributed by atoms with Crippen molar-refractivity contribution < 1.29 is 55.1 Å². The summed E-state index contributed by atoms with van der Waals surface area (Å²) in [7, 11) is 17.4. The zero-order valence-corrected chi connectivity index (χ0v) is 40.0. The number of halogens is 11. The Morgan fingerprint density at radius 3 is 1.54 bits per heavy atom. The fraction of sp³-hybridized carbons (Fsp3) is 0.417. The van der Waals surface area contributed by atoms with Crippen LogP contribution >= 0.6 is 17.0 Å². The third-order valence-corrected chi connectivity index (χ3v) is 65.9. The van der Waals surface area contributed by atoms with Crippen LogP contribution in [0.3, 0.4) is 0 Å². The molecule has 327 valence electrons. The zero-order valence-electron chi connectivity index (χ0n) is 34.9. The van der Waals surface area contributed by atoms with Crippen LogP contribution in [0.2, 0.25) is 13.1 Å².